The average molecular weight is 573 g/mol. The number of nitrogens with zero attached hydrogens (tertiary/aromatic N) is 2. The molecule has 2 aromatic carbocycles. The number of nitrogens with one attached hydrogen (secondary N) is 1. The van der Waals surface area contributed by atoms with E-state index in [9.17, 15) is 18.0 Å². The van der Waals surface area contributed by atoms with Gasteiger partial charge in [-0.05, 0) is 58.6 Å². The van der Waals surface area contributed by atoms with Crippen molar-refractivity contribution >= 4 is 55.1 Å². The van der Waals surface area contributed by atoms with E-state index in [2.05, 4.69) is 21.2 Å². The SMILES string of the molecule is CCCCNC(=O)C(CC)N(Cc1ccc(Cl)cc1)C(=O)CN(c1ccccc1Br)S(C)(=O)=O. The molecule has 0 saturated heterocycles. The van der Waals surface area contributed by atoms with Crippen LogP contribution in [0.15, 0.2) is 53.0 Å². The Labute approximate surface area is 215 Å². The number of hydrogen-bond acceptors (Lipinski definition) is 4. The summed E-state index contributed by atoms with van der Waals surface area (Å²) in [7, 11) is -3.78. The maximum absolute atomic E-state index is 13.6. The lowest BCUT2D eigenvalue weighted by Crippen LogP contribution is -2.52. The van der Waals surface area contributed by atoms with Crippen LogP contribution in [-0.4, -0.2) is 50.5 Å². The number of hydrogen-bond donors (Lipinski definition) is 1. The van der Waals surface area contributed by atoms with Crippen molar-refractivity contribution in [2.75, 3.05) is 23.7 Å². The summed E-state index contributed by atoms with van der Waals surface area (Å²) in [6.07, 6.45) is 3.19. The van der Waals surface area contributed by atoms with E-state index in [-0.39, 0.29) is 12.5 Å². The summed E-state index contributed by atoms with van der Waals surface area (Å²) in [6, 6.07) is 13.0. The third kappa shape index (κ3) is 7.99. The molecule has 0 heterocycles. The van der Waals surface area contributed by atoms with E-state index in [0.717, 1.165) is 29.0 Å². The standard InChI is InChI=1S/C24H31BrClN3O4S/c1-4-6-15-27-24(31)21(5-2)28(16-18-11-13-19(26)14-12-18)23(30)17-29(34(3,32)33)22-10-8-7-9-20(22)25/h7-14,21H,4-6,15-17H2,1-3H3,(H,27,31). The van der Waals surface area contributed by atoms with Crippen LogP contribution < -0.4 is 9.62 Å². The highest BCUT2D eigenvalue weighted by Crippen LogP contribution is 2.28. The fourth-order valence-electron chi connectivity index (χ4n) is 3.46. The minimum Gasteiger partial charge on any atom is -0.354 e. The molecule has 0 radical (unpaired) electrons. The van der Waals surface area contributed by atoms with Gasteiger partial charge in [-0.25, -0.2) is 8.42 Å². The molecule has 0 aliphatic heterocycles. The van der Waals surface area contributed by atoms with E-state index in [1.165, 1.54) is 4.90 Å². The summed E-state index contributed by atoms with van der Waals surface area (Å²) in [5.74, 6) is -0.737. The zero-order valence-electron chi connectivity index (χ0n) is 19.6. The van der Waals surface area contributed by atoms with Crippen molar-refractivity contribution in [3.05, 3.63) is 63.6 Å². The van der Waals surface area contributed by atoms with Gasteiger partial charge in [0, 0.05) is 22.6 Å². The Balaban J connectivity index is 2.40. The predicted molar refractivity (Wildman–Crippen MR) is 140 cm³/mol. The molecule has 186 valence electrons. The molecule has 0 bridgehead atoms. The molecule has 7 nitrogen and oxygen atoms in total. The van der Waals surface area contributed by atoms with Crippen molar-refractivity contribution in [2.24, 2.45) is 0 Å². The number of halogens is 2. The van der Waals surface area contributed by atoms with Crippen LogP contribution in [0.25, 0.3) is 0 Å². The Kier molecular flexibility index (Phi) is 10.9. The molecular formula is C24H31BrClN3O4S. The molecular weight excluding hydrogens is 542 g/mol. The molecule has 1 atom stereocenters. The van der Waals surface area contributed by atoms with E-state index in [1.54, 1.807) is 48.5 Å². The number of unbranched alkanes of at least 4 members (excludes halogenated alkanes) is 1. The number of carbonyl (C=O) groups excluding carboxylic acids is 2. The first kappa shape index (κ1) is 28.1. The first-order valence-electron chi connectivity index (χ1n) is 11.1. The van der Waals surface area contributed by atoms with Crippen molar-refractivity contribution < 1.29 is 18.0 Å². The molecule has 10 heteroatoms. The van der Waals surface area contributed by atoms with Gasteiger partial charge in [0.25, 0.3) is 0 Å². The van der Waals surface area contributed by atoms with Crippen LogP contribution in [0.4, 0.5) is 5.69 Å². The van der Waals surface area contributed by atoms with E-state index >= 15 is 0 Å². The topological polar surface area (TPSA) is 86.8 Å². The Hall–Kier alpha value is -2.10. The van der Waals surface area contributed by atoms with E-state index in [4.69, 9.17) is 11.6 Å². The molecule has 2 aromatic rings. The Morgan fingerprint density at radius 1 is 1.09 bits per heavy atom. The normalized spacial score (nSPS) is 12.1. The second kappa shape index (κ2) is 13.1. The van der Waals surface area contributed by atoms with E-state index in [0.29, 0.717) is 28.1 Å². The first-order chi connectivity index (χ1) is 16.1. The fourth-order valence-corrected chi connectivity index (χ4v) is 5.06. The minimum absolute atomic E-state index is 0.142. The van der Waals surface area contributed by atoms with Crippen LogP contribution in [0.3, 0.4) is 0 Å². The number of amides is 2. The van der Waals surface area contributed by atoms with Gasteiger partial charge in [0.2, 0.25) is 21.8 Å². The Morgan fingerprint density at radius 2 is 1.74 bits per heavy atom. The number of sulfonamides is 1. The van der Waals surface area contributed by atoms with Gasteiger partial charge in [0.15, 0.2) is 0 Å². The van der Waals surface area contributed by atoms with Gasteiger partial charge >= 0.3 is 0 Å². The molecule has 1 N–H and O–H groups in total. The highest BCUT2D eigenvalue weighted by molar-refractivity contribution is 9.10. The number of carbonyl (C=O) groups is 2. The highest BCUT2D eigenvalue weighted by Gasteiger charge is 2.32. The van der Waals surface area contributed by atoms with Gasteiger partial charge in [-0.2, -0.15) is 0 Å². The molecule has 34 heavy (non-hydrogen) atoms. The second-order valence-electron chi connectivity index (χ2n) is 7.94. The number of anilines is 1. The van der Waals surface area contributed by atoms with Crippen LogP contribution >= 0.6 is 27.5 Å². The fraction of sp³-hybridized carbons (Fsp3) is 0.417. The molecule has 0 fully saturated rings. The summed E-state index contributed by atoms with van der Waals surface area (Å²) < 4.78 is 26.8. The molecule has 1 unspecified atom stereocenters. The van der Waals surface area contributed by atoms with Crippen molar-refractivity contribution in [3.8, 4) is 0 Å². The lowest BCUT2D eigenvalue weighted by atomic mass is 10.1. The summed E-state index contributed by atoms with van der Waals surface area (Å²) in [4.78, 5) is 28.0. The van der Waals surface area contributed by atoms with Gasteiger partial charge in [-0.3, -0.25) is 13.9 Å². The molecule has 0 aromatic heterocycles. The van der Waals surface area contributed by atoms with Gasteiger partial charge in [0.05, 0.1) is 11.9 Å². The molecule has 2 amide bonds. The van der Waals surface area contributed by atoms with Gasteiger partial charge < -0.3 is 10.2 Å². The van der Waals surface area contributed by atoms with Crippen LogP contribution in [0.5, 0.6) is 0 Å². The zero-order valence-corrected chi connectivity index (χ0v) is 22.8. The van der Waals surface area contributed by atoms with Crippen LogP contribution in [0, 0.1) is 0 Å². The van der Waals surface area contributed by atoms with Gasteiger partial charge in [-0.15, -0.1) is 0 Å². The third-order valence-electron chi connectivity index (χ3n) is 5.28. The van der Waals surface area contributed by atoms with E-state index < -0.39 is 28.5 Å². The predicted octanol–water partition coefficient (Wildman–Crippen LogP) is 4.59. The first-order valence-corrected chi connectivity index (χ1v) is 14.1. The van der Waals surface area contributed by atoms with Crippen LogP contribution in [0.1, 0.15) is 38.7 Å². The summed E-state index contributed by atoms with van der Waals surface area (Å²) in [5, 5.41) is 3.45. The van der Waals surface area contributed by atoms with Crippen molar-refractivity contribution in [3.63, 3.8) is 0 Å². The molecule has 2 rings (SSSR count). The zero-order chi connectivity index (χ0) is 25.3. The maximum Gasteiger partial charge on any atom is 0.244 e. The molecule has 0 aliphatic carbocycles. The number of rotatable bonds is 12. The van der Waals surface area contributed by atoms with Gasteiger partial charge in [0.1, 0.15) is 12.6 Å². The number of para-hydroxylation sites is 1. The Morgan fingerprint density at radius 3 is 2.29 bits per heavy atom. The second-order valence-corrected chi connectivity index (χ2v) is 11.1. The summed E-state index contributed by atoms with van der Waals surface area (Å²) >= 11 is 9.37. The lowest BCUT2D eigenvalue weighted by molar-refractivity contribution is -0.140. The van der Waals surface area contributed by atoms with Crippen molar-refractivity contribution in [1.29, 1.82) is 0 Å². The van der Waals surface area contributed by atoms with Crippen molar-refractivity contribution in [2.45, 2.75) is 45.7 Å². The van der Waals surface area contributed by atoms with Gasteiger partial charge in [-0.1, -0.05) is 56.1 Å². The summed E-state index contributed by atoms with van der Waals surface area (Å²) in [5.41, 5.74) is 1.13. The maximum atomic E-state index is 13.6. The number of benzene rings is 2. The smallest absolute Gasteiger partial charge is 0.244 e. The van der Waals surface area contributed by atoms with Crippen molar-refractivity contribution in [1.82, 2.24) is 10.2 Å². The molecule has 0 spiro atoms. The monoisotopic (exact) mass is 571 g/mol. The highest BCUT2D eigenvalue weighted by atomic mass is 79.9. The third-order valence-corrected chi connectivity index (χ3v) is 7.33. The molecule has 0 aliphatic rings. The van der Waals surface area contributed by atoms with Crippen LogP contribution in [-0.2, 0) is 26.2 Å². The Bertz CT molecular complexity index is 1080. The van der Waals surface area contributed by atoms with Crippen LogP contribution in [0.2, 0.25) is 5.02 Å². The average Bonchev–Trinajstić information content (AvgIpc) is 2.78. The summed E-state index contributed by atoms with van der Waals surface area (Å²) in [6.45, 7) is 4.08. The quantitative estimate of drug-likeness (QED) is 0.377. The largest absolute Gasteiger partial charge is 0.354 e. The molecule has 0 saturated carbocycles. The minimum atomic E-state index is -3.78. The van der Waals surface area contributed by atoms with E-state index in [1.807, 2.05) is 13.8 Å². The lowest BCUT2D eigenvalue weighted by Gasteiger charge is -2.33.